The van der Waals surface area contributed by atoms with Crippen molar-refractivity contribution in [3.63, 3.8) is 0 Å². The summed E-state index contributed by atoms with van der Waals surface area (Å²) >= 11 is 5.60. The Morgan fingerprint density at radius 2 is 2.29 bits per heavy atom. The van der Waals surface area contributed by atoms with E-state index in [-0.39, 0.29) is 18.1 Å². The Balaban J connectivity index is 2.56. The fourth-order valence-corrected chi connectivity index (χ4v) is 1.48. The minimum atomic E-state index is -0.549. The van der Waals surface area contributed by atoms with Gasteiger partial charge < -0.3 is 11.1 Å². The quantitative estimate of drug-likeness (QED) is 0.838. The molecule has 4 nitrogen and oxygen atoms in total. The average Bonchev–Trinajstić information content (AvgIpc) is 2.22. The molecule has 94 valence electrons. The molecule has 0 unspecified atom stereocenters. The number of nitrogens with one attached hydrogen (secondary N) is 1. The standard InChI is InChI=1S/C11H15ClFN3O/c1-16(5-4-14)7-11(17)15-10-3-2-8(12)6-9(10)13/h2-3,6H,4-5,7,14H2,1H3,(H,15,17). The summed E-state index contributed by atoms with van der Waals surface area (Å²) in [6.45, 7) is 1.24. The number of halogens is 2. The van der Waals surface area contributed by atoms with Crippen molar-refractivity contribution in [2.75, 3.05) is 32.0 Å². The zero-order valence-corrected chi connectivity index (χ0v) is 10.3. The van der Waals surface area contributed by atoms with Crippen molar-refractivity contribution in [2.24, 2.45) is 5.73 Å². The molecule has 0 fully saturated rings. The van der Waals surface area contributed by atoms with Crippen molar-refractivity contribution in [3.8, 4) is 0 Å². The van der Waals surface area contributed by atoms with Gasteiger partial charge in [-0.15, -0.1) is 0 Å². The van der Waals surface area contributed by atoms with Crippen LogP contribution in [0.1, 0.15) is 0 Å². The van der Waals surface area contributed by atoms with Crippen LogP contribution in [0.15, 0.2) is 18.2 Å². The van der Waals surface area contributed by atoms with E-state index in [0.717, 1.165) is 6.07 Å². The molecule has 3 N–H and O–H groups in total. The van der Waals surface area contributed by atoms with E-state index in [1.165, 1.54) is 12.1 Å². The minimum Gasteiger partial charge on any atom is -0.329 e. The largest absolute Gasteiger partial charge is 0.329 e. The molecule has 0 radical (unpaired) electrons. The molecule has 0 bridgehead atoms. The Bertz CT molecular complexity index is 400. The Morgan fingerprint density at radius 1 is 1.59 bits per heavy atom. The lowest BCUT2D eigenvalue weighted by Crippen LogP contribution is -2.33. The van der Waals surface area contributed by atoms with Crippen molar-refractivity contribution in [2.45, 2.75) is 0 Å². The topological polar surface area (TPSA) is 58.4 Å². The fourth-order valence-electron chi connectivity index (χ4n) is 1.33. The van der Waals surface area contributed by atoms with Gasteiger partial charge in [0.25, 0.3) is 0 Å². The average molecular weight is 260 g/mol. The van der Waals surface area contributed by atoms with Crippen LogP contribution in [-0.2, 0) is 4.79 Å². The smallest absolute Gasteiger partial charge is 0.238 e. The van der Waals surface area contributed by atoms with E-state index in [0.29, 0.717) is 18.1 Å². The van der Waals surface area contributed by atoms with Gasteiger partial charge in [-0.3, -0.25) is 9.69 Å². The number of benzene rings is 1. The van der Waals surface area contributed by atoms with Gasteiger partial charge in [0.2, 0.25) is 5.91 Å². The first kappa shape index (κ1) is 13.9. The molecule has 0 atom stereocenters. The third-order valence-electron chi connectivity index (χ3n) is 2.13. The predicted molar refractivity (Wildman–Crippen MR) is 66.6 cm³/mol. The first-order valence-electron chi connectivity index (χ1n) is 5.16. The molecule has 0 heterocycles. The van der Waals surface area contributed by atoms with Crippen molar-refractivity contribution in [1.82, 2.24) is 4.90 Å². The number of carbonyl (C=O) groups excluding carboxylic acids is 1. The molecule has 0 spiro atoms. The summed E-state index contributed by atoms with van der Waals surface area (Å²) in [6.07, 6.45) is 0. The van der Waals surface area contributed by atoms with Gasteiger partial charge in [-0.1, -0.05) is 11.6 Å². The van der Waals surface area contributed by atoms with Crippen LogP contribution < -0.4 is 11.1 Å². The van der Waals surface area contributed by atoms with Crippen LogP contribution in [0.4, 0.5) is 10.1 Å². The SMILES string of the molecule is CN(CCN)CC(=O)Nc1ccc(Cl)cc1F. The maximum atomic E-state index is 13.4. The molecule has 1 rings (SSSR count). The number of nitrogens with two attached hydrogens (primary N) is 1. The van der Waals surface area contributed by atoms with Crippen LogP contribution in [0.25, 0.3) is 0 Å². The zero-order valence-electron chi connectivity index (χ0n) is 9.54. The highest BCUT2D eigenvalue weighted by atomic mass is 35.5. The lowest BCUT2D eigenvalue weighted by atomic mass is 10.3. The zero-order chi connectivity index (χ0) is 12.8. The summed E-state index contributed by atoms with van der Waals surface area (Å²) in [5.41, 5.74) is 5.48. The highest BCUT2D eigenvalue weighted by Crippen LogP contribution is 2.18. The van der Waals surface area contributed by atoms with E-state index in [1.807, 2.05) is 0 Å². The van der Waals surface area contributed by atoms with Crippen molar-refractivity contribution < 1.29 is 9.18 Å². The van der Waals surface area contributed by atoms with E-state index in [2.05, 4.69) is 5.32 Å². The van der Waals surface area contributed by atoms with Crippen LogP contribution >= 0.6 is 11.6 Å². The first-order valence-corrected chi connectivity index (χ1v) is 5.54. The Morgan fingerprint density at radius 3 is 2.88 bits per heavy atom. The molecule has 0 aliphatic rings. The lowest BCUT2D eigenvalue weighted by Gasteiger charge is -2.15. The molecule has 0 aromatic heterocycles. The molecule has 1 aromatic rings. The van der Waals surface area contributed by atoms with E-state index in [9.17, 15) is 9.18 Å². The number of nitrogens with zero attached hydrogens (tertiary/aromatic N) is 1. The molecule has 0 aliphatic carbocycles. The Kier molecular flexibility index (Phi) is 5.34. The number of likely N-dealkylation sites (N-methyl/N-ethyl adjacent to an activating group) is 1. The van der Waals surface area contributed by atoms with E-state index in [4.69, 9.17) is 17.3 Å². The number of hydrogen-bond acceptors (Lipinski definition) is 3. The number of amides is 1. The van der Waals surface area contributed by atoms with Gasteiger partial charge in [0.15, 0.2) is 0 Å². The maximum absolute atomic E-state index is 13.4. The normalized spacial score (nSPS) is 10.6. The molecular weight excluding hydrogens is 245 g/mol. The predicted octanol–water partition coefficient (Wildman–Crippen LogP) is 1.31. The van der Waals surface area contributed by atoms with E-state index >= 15 is 0 Å². The third-order valence-corrected chi connectivity index (χ3v) is 2.36. The number of rotatable bonds is 5. The summed E-state index contributed by atoms with van der Waals surface area (Å²) < 4.78 is 13.4. The summed E-state index contributed by atoms with van der Waals surface area (Å²) in [7, 11) is 1.77. The Hall–Kier alpha value is -1.17. The van der Waals surface area contributed by atoms with Gasteiger partial charge in [0.1, 0.15) is 5.82 Å². The maximum Gasteiger partial charge on any atom is 0.238 e. The number of hydrogen-bond donors (Lipinski definition) is 2. The molecule has 1 amide bonds. The second-order valence-electron chi connectivity index (χ2n) is 3.70. The molecular formula is C11H15ClFN3O. The van der Waals surface area contributed by atoms with Crippen LogP contribution in [0.3, 0.4) is 0 Å². The molecule has 0 aliphatic heterocycles. The van der Waals surface area contributed by atoms with Crippen LogP contribution in [0.2, 0.25) is 5.02 Å². The minimum absolute atomic E-state index is 0.126. The summed E-state index contributed by atoms with van der Waals surface area (Å²) in [4.78, 5) is 13.3. The van der Waals surface area contributed by atoms with Gasteiger partial charge in [-0.25, -0.2) is 4.39 Å². The van der Waals surface area contributed by atoms with Crippen molar-refractivity contribution >= 4 is 23.2 Å². The lowest BCUT2D eigenvalue weighted by molar-refractivity contribution is -0.117. The van der Waals surface area contributed by atoms with Gasteiger partial charge in [0.05, 0.1) is 12.2 Å². The van der Waals surface area contributed by atoms with E-state index < -0.39 is 5.82 Å². The first-order chi connectivity index (χ1) is 8.02. The summed E-state index contributed by atoms with van der Waals surface area (Å²) in [5.74, 6) is -0.838. The van der Waals surface area contributed by atoms with Crippen LogP contribution in [-0.4, -0.2) is 37.5 Å². The van der Waals surface area contributed by atoms with Gasteiger partial charge in [-0.2, -0.15) is 0 Å². The van der Waals surface area contributed by atoms with Crippen molar-refractivity contribution in [3.05, 3.63) is 29.0 Å². The second kappa shape index (κ2) is 6.54. The monoisotopic (exact) mass is 259 g/mol. The second-order valence-corrected chi connectivity index (χ2v) is 4.14. The van der Waals surface area contributed by atoms with Crippen LogP contribution in [0.5, 0.6) is 0 Å². The van der Waals surface area contributed by atoms with Gasteiger partial charge in [-0.05, 0) is 25.2 Å². The fraction of sp³-hybridized carbons (Fsp3) is 0.364. The highest BCUT2D eigenvalue weighted by Gasteiger charge is 2.09. The molecule has 6 heteroatoms. The summed E-state index contributed by atoms with van der Waals surface area (Å²) in [5, 5.41) is 2.76. The van der Waals surface area contributed by atoms with E-state index in [1.54, 1.807) is 11.9 Å². The Labute approximate surface area is 105 Å². The van der Waals surface area contributed by atoms with Gasteiger partial charge in [0, 0.05) is 18.1 Å². The van der Waals surface area contributed by atoms with Gasteiger partial charge >= 0.3 is 0 Å². The van der Waals surface area contributed by atoms with Crippen molar-refractivity contribution in [1.29, 1.82) is 0 Å². The van der Waals surface area contributed by atoms with Crippen LogP contribution in [0, 0.1) is 5.82 Å². The third kappa shape index (κ3) is 4.68. The molecule has 0 saturated carbocycles. The molecule has 1 aromatic carbocycles. The number of anilines is 1. The number of carbonyl (C=O) groups is 1. The highest BCUT2D eigenvalue weighted by molar-refractivity contribution is 6.30. The molecule has 0 saturated heterocycles. The molecule has 17 heavy (non-hydrogen) atoms. The summed E-state index contributed by atoms with van der Waals surface area (Å²) in [6, 6.07) is 4.10.